The Kier molecular flexibility index (Phi) is 4.84. The van der Waals surface area contributed by atoms with E-state index in [-0.39, 0.29) is 11.4 Å². The van der Waals surface area contributed by atoms with E-state index in [1.807, 2.05) is 0 Å². The topological polar surface area (TPSA) is 64.4 Å². The summed E-state index contributed by atoms with van der Waals surface area (Å²) in [5.74, 6) is 0.362. The molecule has 1 saturated heterocycles. The van der Waals surface area contributed by atoms with Crippen LogP contribution >= 0.6 is 0 Å². The Bertz CT molecular complexity index is 477. The van der Waals surface area contributed by atoms with Crippen LogP contribution in [-0.2, 0) is 0 Å². The lowest BCUT2D eigenvalue weighted by Crippen LogP contribution is -2.30. The van der Waals surface area contributed by atoms with Crippen LogP contribution in [0.5, 0.6) is 5.75 Å². The van der Waals surface area contributed by atoms with Crippen molar-refractivity contribution in [3.05, 3.63) is 33.9 Å². The van der Waals surface area contributed by atoms with Gasteiger partial charge in [-0.25, -0.2) is 8.78 Å². The lowest BCUT2D eigenvalue weighted by atomic mass is 9.99. The number of nitrogens with zero attached hydrogens (tertiary/aromatic N) is 1. The Hall–Kier alpha value is -1.76. The number of rotatable bonds is 5. The van der Waals surface area contributed by atoms with Gasteiger partial charge in [-0.15, -0.1) is 0 Å². The van der Waals surface area contributed by atoms with Crippen molar-refractivity contribution in [2.75, 3.05) is 19.7 Å². The van der Waals surface area contributed by atoms with Crippen LogP contribution in [-0.4, -0.2) is 24.6 Å². The number of non-ortho nitro benzene ring substituents is 1. The number of nitrogens with one attached hydrogen (secondary N) is 1. The van der Waals surface area contributed by atoms with Gasteiger partial charge in [0, 0.05) is 12.1 Å². The average molecular weight is 286 g/mol. The van der Waals surface area contributed by atoms with Gasteiger partial charge in [0.15, 0.2) is 0 Å². The summed E-state index contributed by atoms with van der Waals surface area (Å²) < 4.78 is 31.3. The predicted molar refractivity (Wildman–Crippen MR) is 69.1 cm³/mol. The standard InChI is InChI=1S/C13H16F2N2O3/c14-13(15)11-7-10(17(18)19)1-2-12(11)20-8-9-3-5-16-6-4-9/h1-2,7,9,13,16H,3-6,8H2. The lowest BCUT2D eigenvalue weighted by molar-refractivity contribution is -0.385. The highest BCUT2D eigenvalue weighted by Crippen LogP contribution is 2.32. The summed E-state index contributed by atoms with van der Waals surface area (Å²) in [5, 5.41) is 13.8. The molecule has 110 valence electrons. The summed E-state index contributed by atoms with van der Waals surface area (Å²) in [4.78, 5) is 9.91. The Balaban J connectivity index is 2.07. The number of piperidine rings is 1. The van der Waals surface area contributed by atoms with Crippen LogP contribution in [0.25, 0.3) is 0 Å². The molecule has 1 fully saturated rings. The average Bonchev–Trinajstić information content (AvgIpc) is 2.45. The van der Waals surface area contributed by atoms with E-state index >= 15 is 0 Å². The molecule has 1 aromatic rings. The Labute approximate surface area is 115 Å². The van der Waals surface area contributed by atoms with Gasteiger partial charge in [-0.05, 0) is 37.9 Å². The molecule has 0 unspecified atom stereocenters. The van der Waals surface area contributed by atoms with Crippen molar-refractivity contribution < 1.29 is 18.4 Å². The highest BCUT2D eigenvalue weighted by atomic mass is 19.3. The van der Waals surface area contributed by atoms with Crippen molar-refractivity contribution in [3.63, 3.8) is 0 Å². The molecule has 0 amide bonds. The molecular weight excluding hydrogens is 270 g/mol. The van der Waals surface area contributed by atoms with E-state index in [1.54, 1.807) is 0 Å². The molecule has 1 aliphatic rings. The van der Waals surface area contributed by atoms with Gasteiger partial charge in [-0.2, -0.15) is 0 Å². The van der Waals surface area contributed by atoms with Crippen LogP contribution in [0.1, 0.15) is 24.8 Å². The molecule has 1 aliphatic heterocycles. The first-order valence-corrected chi connectivity index (χ1v) is 6.48. The highest BCUT2D eigenvalue weighted by molar-refractivity contribution is 5.44. The second-order valence-electron chi connectivity index (χ2n) is 4.78. The Morgan fingerprint density at radius 2 is 2.10 bits per heavy atom. The van der Waals surface area contributed by atoms with Crippen molar-refractivity contribution in [3.8, 4) is 5.75 Å². The third-order valence-corrected chi connectivity index (χ3v) is 3.37. The number of benzene rings is 1. The maximum Gasteiger partial charge on any atom is 0.270 e. The Morgan fingerprint density at radius 1 is 1.40 bits per heavy atom. The van der Waals surface area contributed by atoms with Crippen LogP contribution in [0.3, 0.4) is 0 Å². The van der Waals surface area contributed by atoms with Gasteiger partial charge in [-0.1, -0.05) is 0 Å². The number of hydrogen-bond acceptors (Lipinski definition) is 4. The van der Waals surface area contributed by atoms with E-state index in [0.717, 1.165) is 32.0 Å². The number of hydrogen-bond donors (Lipinski definition) is 1. The van der Waals surface area contributed by atoms with E-state index in [4.69, 9.17) is 4.74 Å². The van der Waals surface area contributed by atoms with Gasteiger partial charge >= 0.3 is 0 Å². The van der Waals surface area contributed by atoms with E-state index in [1.165, 1.54) is 12.1 Å². The zero-order chi connectivity index (χ0) is 14.5. The smallest absolute Gasteiger partial charge is 0.270 e. The summed E-state index contributed by atoms with van der Waals surface area (Å²) in [7, 11) is 0. The summed E-state index contributed by atoms with van der Waals surface area (Å²) in [5.41, 5.74) is -0.775. The molecule has 0 aliphatic carbocycles. The van der Waals surface area contributed by atoms with Gasteiger partial charge in [-0.3, -0.25) is 10.1 Å². The van der Waals surface area contributed by atoms with Gasteiger partial charge < -0.3 is 10.1 Å². The molecular formula is C13H16F2N2O3. The molecule has 20 heavy (non-hydrogen) atoms. The first-order valence-electron chi connectivity index (χ1n) is 6.48. The minimum atomic E-state index is -2.79. The highest BCUT2D eigenvalue weighted by Gasteiger charge is 2.20. The van der Waals surface area contributed by atoms with Crippen LogP contribution in [0, 0.1) is 16.0 Å². The molecule has 2 rings (SSSR count). The van der Waals surface area contributed by atoms with Crippen LogP contribution in [0.2, 0.25) is 0 Å². The maximum atomic E-state index is 12.9. The second kappa shape index (κ2) is 6.60. The third kappa shape index (κ3) is 3.63. The second-order valence-corrected chi connectivity index (χ2v) is 4.78. The number of nitro benzene ring substituents is 1. The van der Waals surface area contributed by atoms with Gasteiger partial charge in [0.1, 0.15) is 5.75 Å². The number of alkyl halides is 2. The van der Waals surface area contributed by atoms with Crippen LogP contribution in [0.15, 0.2) is 18.2 Å². The number of nitro groups is 1. The monoisotopic (exact) mass is 286 g/mol. The van der Waals surface area contributed by atoms with E-state index in [9.17, 15) is 18.9 Å². The van der Waals surface area contributed by atoms with E-state index in [2.05, 4.69) is 5.32 Å². The minimum absolute atomic E-state index is 0.0316. The molecule has 0 bridgehead atoms. The summed E-state index contributed by atoms with van der Waals surface area (Å²) in [6.07, 6.45) is -0.911. The summed E-state index contributed by atoms with van der Waals surface area (Å²) in [6.45, 7) is 2.16. The SMILES string of the molecule is O=[N+]([O-])c1ccc(OCC2CCNCC2)c(C(F)F)c1. The van der Waals surface area contributed by atoms with Gasteiger partial charge in [0.2, 0.25) is 0 Å². The molecule has 0 radical (unpaired) electrons. The molecule has 0 atom stereocenters. The zero-order valence-electron chi connectivity index (χ0n) is 10.9. The molecule has 0 aromatic heterocycles. The maximum absolute atomic E-state index is 12.9. The van der Waals surface area contributed by atoms with Crippen molar-refractivity contribution in [1.29, 1.82) is 0 Å². The predicted octanol–water partition coefficient (Wildman–Crippen LogP) is 2.91. The molecule has 0 saturated carbocycles. The first kappa shape index (κ1) is 14.6. The molecule has 1 N–H and O–H groups in total. The first-order chi connectivity index (χ1) is 9.58. The molecule has 1 aromatic carbocycles. The van der Waals surface area contributed by atoms with Gasteiger partial charge in [0.25, 0.3) is 12.1 Å². The van der Waals surface area contributed by atoms with Crippen molar-refractivity contribution in [2.24, 2.45) is 5.92 Å². The normalized spacial score (nSPS) is 16.4. The summed E-state index contributed by atoms with van der Waals surface area (Å²) >= 11 is 0. The molecule has 5 nitrogen and oxygen atoms in total. The van der Waals surface area contributed by atoms with Gasteiger partial charge in [0.05, 0.1) is 17.1 Å². The van der Waals surface area contributed by atoms with Crippen molar-refractivity contribution in [2.45, 2.75) is 19.3 Å². The quantitative estimate of drug-likeness (QED) is 0.667. The fourth-order valence-corrected chi connectivity index (χ4v) is 2.21. The van der Waals surface area contributed by atoms with E-state index in [0.29, 0.717) is 12.5 Å². The fraction of sp³-hybridized carbons (Fsp3) is 0.538. The molecule has 7 heteroatoms. The minimum Gasteiger partial charge on any atom is -0.493 e. The van der Waals surface area contributed by atoms with Crippen molar-refractivity contribution in [1.82, 2.24) is 5.32 Å². The molecule has 0 spiro atoms. The van der Waals surface area contributed by atoms with Crippen molar-refractivity contribution >= 4 is 5.69 Å². The van der Waals surface area contributed by atoms with E-state index < -0.39 is 16.9 Å². The van der Waals surface area contributed by atoms with Crippen LogP contribution in [0.4, 0.5) is 14.5 Å². The third-order valence-electron chi connectivity index (χ3n) is 3.37. The van der Waals surface area contributed by atoms with Crippen LogP contribution < -0.4 is 10.1 Å². The Morgan fingerprint density at radius 3 is 2.70 bits per heavy atom. The largest absolute Gasteiger partial charge is 0.493 e. The molecule has 1 heterocycles. The fourth-order valence-electron chi connectivity index (χ4n) is 2.21. The number of ether oxygens (including phenoxy) is 1. The number of halogens is 2. The summed E-state index contributed by atoms with van der Waals surface area (Å²) in [6, 6.07) is 3.31. The zero-order valence-corrected chi connectivity index (χ0v) is 10.9. The lowest BCUT2D eigenvalue weighted by Gasteiger charge is -2.23.